The zero-order valence-electron chi connectivity index (χ0n) is 10.1. The third-order valence-corrected chi connectivity index (χ3v) is 2.58. The van der Waals surface area contributed by atoms with Crippen molar-refractivity contribution in [3.05, 3.63) is 65.5 Å². The summed E-state index contributed by atoms with van der Waals surface area (Å²) in [6.07, 6.45) is 0.211. The number of halogens is 1. The molecule has 0 fully saturated rings. The molecule has 4 heteroatoms. The zero-order chi connectivity index (χ0) is 13.7. The molecule has 0 unspecified atom stereocenters. The lowest BCUT2D eigenvalue weighted by Gasteiger charge is -2.07. The van der Waals surface area contributed by atoms with Gasteiger partial charge in [-0.1, -0.05) is 30.3 Å². The van der Waals surface area contributed by atoms with Crippen molar-refractivity contribution in [1.82, 2.24) is 0 Å². The Morgan fingerprint density at radius 3 is 2.63 bits per heavy atom. The number of nitrogens with zero attached hydrogens (tertiary/aromatic N) is 1. The Morgan fingerprint density at radius 1 is 1.21 bits per heavy atom. The van der Waals surface area contributed by atoms with Gasteiger partial charge < -0.3 is 5.32 Å². The number of carbonyl (C=O) groups is 1. The fourth-order valence-corrected chi connectivity index (χ4v) is 1.69. The Morgan fingerprint density at radius 2 is 1.95 bits per heavy atom. The fourth-order valence-electron chi connectivity index (χ4n) is 1.69. The van der Waals surface area contributed by atoms with Gasteiger partial charge in [0.25, 0.3) is 0 Å². The highest BCUT2D eigenvalue weighted by molar-refractivity contribution is 5.93. The highest BCUT2D eigenvalue weighted by Crippen LogP contribution is 2.16. The van der Waals surface area contributed by atoms with E-state index in [0.29, 0.717) is 5.69 Å². The van der Waals surface area contributed by atoms with Crippen molar-refractivity contribution >= 4 is 11.6 Å². The standard InChI is InChI=1S/C15H11FN2O/c16-13-6-7-14(12(9-13)10-17)18-15(19)8-11-4-2-1-3-5-11/h1-7,9H,8H2,(H,18,19). The average Bonchev–Trinajstić information content (AvgIpc) is 2.42. The van der Waals surface area contributed by atoms with Crippen LogP contribution in [0.2, 0.25) is 0 Å². The van der Waals surface area contributed by atoms with Gasteiger partial charge in [-0.25, -0.2) is 4.39 Å². The molecule has 0 aromatic heterocycles. The molecule has 0 radical (unpaired) electrons. The second-order valence-corrected chi connectivity index (χ2v) is 4.01. The van der Waals surface area contributed by atoms with Gasteiger partial charge in [0.2, 0.25) is 5.91 Å². The van der Waals surface area contributed by atoms with Crippen molar-refractivity contribution in [2.75, 3.05) is 5.32 Å². The quantitative estimate of drug-likeness (QED) is 0.915. The number of anilines is 1. The largest absolute Gasteiger partial charge is 0.325 e. The van der Waals surface area contributed by atoms with Gasteiger partial charge in [-0.15, -0.1) is 0 Å². The van der Waals surface area contributed by atoms with Crippen molar-refractivity contribution < 1.29 is 9.18 Å². The van der Waals surface area contributed by atoms with Crippen LogP contribution in [0.4, 0.5) is 10.1 Å². The summed E-state index contributed by atoms with van der Waals surface area (Å²) in [6.45, 7) is 0. The number of nitriles is 1. The minimum Gasteiger partial charge on any atom is -0.325 e. The molecule has 2 aromatic carbocycles. The van der Waals surface area contributed by atoms with Gasteiger partial charge in [0.15, 0.2) is 0 Å². The fraction of sp³-hybridized carbons (Fsp3) is 0.0667. The van der Waals surface area contributed by atoms with Crippen LogP contribution in [0.15, 0.2) is 48.5 Å². The molecule has 0 aliphatic heterocycles. The van der Waals surface area contributed by atoms with Gasteiger partial charge >= 0.3 is 0 Å². The number of hydrogen-bond donors (Lipinski definition) is 1. The molecule has 0 spiro atoms. The molecule has 0 aliphatic rings. The maximum atomic E-state index is 13.0. The number of amides is 1. The van der Waals surface area contributed by atoms with E-state index >= 15 is 0 Å². The second-order valence-electron chi connectivity index (χ2n) is 4.01. The second kappa shape index (κ2) is 5.78. The molecule has 1 N–H and O–H groups in total. The predicted molar refractivity (Wildman–Crippen MR) is 69.9 cm³/mol. The smallest absolute Gasteiger partial charge is 0.228 e. The summed E-state index contributed by atoms with van der Waals surface area (Å²) in [5, 5.41) is 11.5. The molecule has 0 saturated heterocycles. The van der Waals surface area contributed by atoms with Crippen LogP contribution in [0.5, 0.6) is 0 Å². The molecule has 94 valence electrons. The van der Waals surface area contributed by atoms with Crippen molar-refractivity contribution in [3.8, 4) is 6.07 Å². The number of carbonyl (C=O) groups excluding carboxylic acids is 1. The van der Waals surface area contributed by atoms with Crippen LogP contribution in [0.1, 0.15) is 11.1 Å². The number of nitrogens with one attached hydrogen (secondary N) is 1. The first-order valence-electron chi connectivity index (χ1n) is 5.72. The number of hydrogen-bond acceptors (Lipinski definition) is 2. The van der Waals surface area contributed by atoms with Gasteiger partial charge in [-0.05, 0) is 23.8 Å². The third-order valence-electron chi connectivity index (χ3n) is 2.58. The molecule has 3 nitrogen and oxygen atoms in total. The lowest BCUT2D eigenvalue weighted by molar-refractivity contribution is -0.115. The molecule has 19 heavy (non-hydrogen) atoms. The van der Waals surface area contributed by atoms with E-state index in [9.17, 15) is 9.18 Å². The van der Waals surface area contributed by atoms with Crippen molar-refractivity contribution in [2.45, 2.75) is 6.42 Å². The van der Waals surface area contributed by atoms with Crippen molar-refractivity contribution in [2.24, 2.45) is 0 Å². The monoisotopic (exact) mass is 254 g/mol. The van der Waals surface area contributed by atoms with E-state index in [1.165, 1.54) is 12.1 Å². The molecular formula is C15H11FN2O. The number of rotatable bonds is 3. The van der Waals surface area contributed by atoms with Crippen LogP contribution < -0.4 is 5.32 Å². The van der Waals surface area contributed by atoms with Gasteiger partial charge in [0, 0.05) is 0 Å². The van der Waals surface area contributed by atoms with E-state index in [1.54, 1.807) is 0 Å². The van der Waals surface area contributed by atoms with E-state index in [2.05, 4.69) is 5.32 Å². The molecule has 0 atom stereocenters. The molecule has 1 amide bonds. The third kappa shape index (κ3) is 3.39. The first-order chi connectivity index (χ1) is 9.19. The van der Waals surface area contributed by atoms with E-state index in [1.807, 2.05) is 36.4 Å². The molecule has 2 rings (SSSR count). The maximum Gasteiger partial charge on any atom is 0.228 e. The summed E-state index contributed by atoms with van der Waals surface area (Å²) in [5.74, 6) is -0.744. The summed E-state index contributed by atoms with van der Waals surface area (Å²) in [7, 11) is 0. The normalized spacial score (nSPS) is 9.68. The van der Waals surface area contributed by atoms with Crippen LogP contribution in [0.25, 0.3) is 0 Å². The highest BCUT2D eigenvalue weighted by Gasteiger charge is 2.08. The van der Waals surface area contributed by atoms with E-state index in [0.717, 1.165) is 11.6 Å². The number of benzene rings is 2. The summed E-state index contributed by atoms with van der Waals surface area (Å²) >= 11 is 0. The zero-order valence-corrected chi connectivity index (χ0v) is 10.1. The average molecular weight is 254 g/mol. The van der Waals surface area contributed by atoms with Crippen LogP contribution in [0.3, 0.4) is 0 Å². The van der Waals surface area contributed by atoms with Crippen LogP contribution in [-0.4, -0.2) is 5.91 Å². The molecule has 0 aliphatic carbocycles. The lowest BCUT2D eigenvalue weighted by atomic mass is 10.1. The molecule has 0 saturated carbocycles. The van der Waals surface area contributed by atoms with Crippen molar-refractivity contribution in [1.29, 1.82) is 5.26 Å². The van der Waals surface area contributed by atoms with Crippen LogP contribution in [-0.2, 0) is 11.2 Å². The Labute approximate surface area is 110 Å². The van der Waals surface area contributed by atoms with Crippen molar-refractivity contribution in [3.63, 3.8) is 0 Å². The van der Waals surface area contributed by atoms with E-state index < -0.39 is 5.82 Å². The topological polar surface area (TPSA) is 52.9 Å². The molecule has 0 heterocycles. The maximum absolute atomic E-state index is 13.0. The summed E-state index contributed by atoms with van der Waals surface area (Å²) < 4.78 is 13.0. The van der Waals surface area contributed by atoms with Gasteiger partial charge in [0.05, 0.1) is 17.7 Å². The highest BCUT2D eigenvalue weighted by atomic mass is 19.1. The first-order valence-corrected chi connectivity index (χ1v) is 5.72. The summed E-state index contributed by atoms with van der Waals surface area (Å²) in [5.41, 5.74) is 1.31. The SMILES string of the molecule is N#Cc1cc(F)ccc1NC(=O)Cc1ccccc1. The van der Waals surface area contributed by atoms with Gasteiger partial charge in [0.1, 0.15) is 11.9 Å². The molecular weight excluding hydrogens is 243 g/mol. The van der Waals surface area contributed by atoms with Gasteiger partial charge in [-0.3, -0.25) is 4.79 Å². The Bertz CT molecular complexity index is 632. The summed E-state index contributed by atoms with van der Waals surface area (Å²) in [4.78, 5) is 11.8. The van der Waals surface area contributed by atoms with Gasteiger partial charge in [-0.2, -0.15) is 5.26 Å². The molecule has 0 bridgehead atoms. The Kier molecular flexibility index (Phi) is 3.89. The lowest BCUT2D eigenvalue weighted by Crippen LogP contribution is -2.15. The summed E-state index contributed by atoms with van der Waals surface area (Å²) in [6, 6.07) is 14.8. The first kappa shape index (κ1) is 12.8. The van der Waals surface area contributed by atoms with Crippen LogP contribution in [0, 0.1) is 17.1 Å². The minimum atomic E-state index is -0.502. The molecule has 2 aromatic rings. The Hall–Kier alpha value is -2.67. The van der Waals surface area contributed by atoms with E-state index in [4.69, 9.17) is 5.26 Å². The Balaban J connectivity index is 2.10. The minimum absolute atomic E-state index is 0.112. The van der Waals surface area contributed by atoms with E-state index in [-0.39, 0.29) is 17.9 Å². The predicted octanol–water partition coefficient (Wildman–Crippen LogP) is 2.88. The van der Waals surface area contributed by atoms with Crippen LogP contribution >= 0.6 is 0 Å².